The van der Waals surface area contributed by atoms with Gasteiger partial charge in [-0.25, -0.2) is 22.9 Å². The lowest BCUT2D eigenvalue weighted by molar-refractivity contribution is 0.0697. The van der Waals surface area contributed by atoms with Crippen molar-refractivity contribution in [2.45, 2.75) is 37.6 Å². The summed E-state index contributed by atoms with van der Waals surface area (Å²) in [5.41, 5.74) is 2.57. The number of nitrogens with zero attached hydrogens (tertiary/aromatic N) is 4. The second kappa shape index (κ2) is 12.2. The van der Waals surface area contributed by atoms with Crippen molar-refractivity contribution in [3.8, 4) is 16.3 Å². The standard InChI is InChI=1S/C29H30N4O5S2/c1-2-38-25-8-6-7-23(19-25)27-31-33(20-21-9-11-22(12-10-21)28(34)35)29(39-27)30-24-13-15-26(16-14-24)40(36,37)32-17-4-3-5-18-32/h6-16,19H,2-5,17-18,20H2,1H3,(H,34,35)/b30-29-. The maximum atomic E-state index is 13.1. The fraction of sp³-hybridized carbons (Fsp3) is 0.276. The molecular formula is C29H30N4O5S2. The van der Waals surface area contributed by atoms with Crippen LogP contribution in [0, 0.1) is 0 Å². The van der Waals surface area contributed by atoms with Crippen LogP contribution in [0.5, 0.6) is 5.75 Å². The lowest BCUT2D eigenvalue weighted by Gasteiger charge is -2.25. The first-order valence-corrected chi connectivity index (χ1v) is 15.4. The molecule has 11 heteroatoms. The number of carboxylic acids is 1. The Morgan fingerprint density at radius 3 is 2.42 bits per heavy atom. The normalized spacial score (nSPS) is 14.8. The fourth-order valence-electron chi connectivity index (χ4n) is 4.48. The molecule has 0 saturated carbocycles. The van der Waals surface area contributed by atoms with Crippen LogP contribution in [-0.4, -0.2) is 53.3 Å². The number of carbonyl (C=O) groups is 1. The van der Waals surface area contributed by atoms with Gasteiger partial charge in [-0.05, 0) is 73.9 Å². The van der Waals surface area contributed by atoms with Crippen molar-refractivity contribution in [2.24, 2.45) is 4.99 Å². The van der Waals surface area contributed by atoms with E-state index in [2.05, 4.69) is 0 Å². The Morgan fingerprint density at radius 2 is 1.75 bits per heavy atom. The van der Waals surface area contributed by atoms with Gasteiger partial charge in [-0.3, -0.25) is 0 Å². The van der Waals surface area contributed by atoms with E-state index in [0.717, 1.165) is 41.1 Å². The average molecular weight is 579 g/mol. The van der Waals surface area contributed by atoms with Crippen molar-refractivity contribution in [2.75, 3.05) is 19.7 Å². The molecule has 1 saturated heterocycles. The van der Waals surface area contributed by atoms with Crippen molar-refractivity contribution in [1.29, 1.82) is 0 Å². The summed E-state index contributed by atoms with van der Waals surface area (Å²) in [6.45, 7) is 3.96. The number of rotatable bonds is 9. The van der Waals surface area contributed by atoms with Crippen molar-refractivity contribution < 1.29 is 23.1 Å². The van der Waals surface area contributed by atoms with Gasteiger partial charge in [0.2, 0.25) is 14.8 Å². The molecule has 1 fully saturated rings. The first-order valence-electron chi connectivity index (χ1n) is 13.1. The summed E-state index contributed by atoms with van der Waals surface area (Å²) in [4.78, 5) is 16.9. The predicted octanol–water partition coefficient (Wildman–Crippen LogP) is 5.16. The largest absolute Gasteiger partial charge is 0.494 e. The number of hydrogen-bond acceptors (Lipinski definition) is 7. The van der Waals surface area contributed by atoms with Crippen LogP contribution in [-0.2, 0) is 16.6 Å². The zero-order valence-corrected chi connectivity index (χ0v) is 23.7. The highest BCUT2D eigenvalue weighted by Gasteiger charge is 2.25. The van der Waals surface area contributed by atoms with Crippen molar-refractivity contribution in [3.05, 3.63) is 88.7 Å². The van der Waals surface area contributed by atoms with Gasteiger partial charge in [-0.15, -0.1) is 0 Å². The Bertz CT molecular complexity index is 1650. The summed E-state index contributed by atoms with van der Waals surface area (Å²) in [5.74, 6) is -0.235. The fourth-order valence-corrected chi connectivity index (χ4v) is 6.92. The third-order valence-corrected chi connectivity index (χ3v) is 9.47. The highest BCUT2D eigenvalue weighted by atomic mass is 32.2. The molecule has 0 amide bonds. The van der Waals surface area contributed by atoms with E-state index in [1.165, 1.54) is 11.3 Å². The van der Waals surface area contributed by atoms with E-state index in [4.69, 9.17) is 14.8 Å². The van der Waals surface area contributed by atoms with Gasteiger partial charge in [0.1, 0.15) is 10.8 Å². The summed E-state index contributed by atoms with van der Waals surface area (Å²) < 4.78 is 35.1. The SMILES string of the molecule is CCOc1cccc(-c2nn(Cc3ccc(C(=O)O)cc3)/c(=N/c3ccc(S(=O)(=O)N4CCCCC4)cc3)s2)c1. The summed E-state index contributed by atoms with van der Waals surface area (Å²) >= 11 is 1.40. The van der Waals surface area contributed by atoms with Crippen LogP contribution in [0.4, 0.5) is 5.69 Å². The summed E-state index contributed by atoms with van der Waals surface area (Å²) in [6.07, 6.45) is 2.82. The molecule has 0 aliphatic carbocycles. The summed E-state index contributed by atoms with van der Waals surface area (Å²) in [5, 5.41) is 14.8. The van der Waals surface area contributed by atoms with E-state index in [9.17, 15) is 18.3 Å². The Hall–Kier alpha value is -3.80. The molecule has 5 rings (SSSR count). The average Bonchev–Trinajstić information content (AvgIpc) is 3.36. The van der Waals surface area contributed by atoms with Crippen LogP contribution in [0.25, 0.3) is 10.6 Å². The Labute approximate surface area is 237 Å². The Morgan fingerprint density at radius 1 is 1.02 bits per heavy atom. The summed E-state index contributed by atoms with van der Waals surface area (Å²) in [7, 11) is -3.53. The topological polar surface area (TPSA) is 114 Å². The monoisotopic (exact) mass is 578 g/mol. The first-order chi connectivity index (χ1) is 19.3. The molecule has 0 radical (unpaired) electrons. The highest BCUT2D eigenvalue weighted by Crippen LogP contribution is 2.26. The molecular weight excluding hydrogens is 548 g/mol. The predicted molar refractivity (Wildman–Crippen MR) is 153 cm³/mol. The molecule has 1 aromatic heterocycles. The van der Waals surface area contributed by atoms with Crippen LogP contribution in [0.15, 0.2) is 82.7 Å². The van der Waals surface area contributed by atoms with Crippen molar-refractivity contribution in [1.82, 2.24) is 14.1 Å². The number of piperidine rings is 1. The van der Waals surface area contributed by atoms with Gasteiger partial charge in [0, 0.05) is 18.7 Å². The van der Waals surface area contributed by atoms with E-state index in [1.807, 2.05) is 31.2 Å². The maximum Gasteiger partial charge on any atom is 0.335 e. The zero-order valence-electron chi connectivity index (χ0n) is 22.1. The molecule has 0 bridgehead atoms. The van der Waals surface area contributed by atoms with E-state index in [0.29, 0.717) is 36.7 Å². The van der Waals surface area contributed by atoms with E-state index >= 15 is 0 Å². The minimum absolute atomic E-state index is 0.213. The zero-order chi connectivity index (χ0) is 28.1. The number of benzene rings is 3. The number of ether oxygens (including phenoxy) is 1. The third kappa shape index (κ3) is 6.33. The van der Waals surface area contributed by atoms with Crippen molar-refractivity contribution in [3.63, 3.8) is 0 Å². The molecule has 4 aromatic rings. The number of hydrogen-bond donors (Lipinski definition) is 1. The van der Waals surface area contributed by atoms with Crippen LogP contribution >= 0.6 is 11.3 Å². The van der Waals surface area contributed by atoms with E-state index < -0.39 is 16.0 Å². The van der Waals surface area contributed by atoms with E-state index in [1.54, 1.807) is 57.5 Å². The molecule has 0 atom stereocenters. The molecule has 0 unspecified atom stereocenters. The summed E-state index contributed by atoms with van der Waals surface area (Å²) in [6, 6.07) is 21.0. The quantitative estimate of drug-likeness (QED) is 0.293. The molecule has 40 heavy (non-hydrogen) atoms. The van der Waals surface area contributed by atoms with Crippen LogP contribution in [0.1, 0.15) is 42.1 Å². The number of carboxylic acid groups (broad SMARTS) is 1. The second-order valence-corrected chi connectivity index (χ2v) is 12.3. The molecule has 208 valence electrons. The third-order valence-electron chi connectivity index (χ3n) is 6.56. The molecule has 3 aromatic carbocycles. The van der Waals surface area contributed by atoms with Crippen LogP contribution in [0.2, 0.25) is 0 Å². The van der Waals surface area contributed by atoms with Crippen molar-refractivity contribution >= 4 is 33.0 Å². The smallest absolute Gasteiger partial charge is 0.335 e. The van der Waals surface area contributed by atoms with Gasteiger partial charge >= 0.3 is 5.97 Å². The van der Waals surface area contributed by atoms with Gasteiger partial charge in [-0.1, -0.05) is 42.0 Å². The Balaban J connectivity index is 1.50. The molecule has 9 nitrogen and oxygen atoms in total. The molecule has 1 aliphatic heterocycles. The lowest BCUT2D eigenvalue weighted by atomic mass is 10.1. The number of sulfonamides is 1. The molecule has 0 spiro atoms. The first kappa shape index (κ1) is 27.8. The molecule has 2 heterocycles. The van der Waals surface area contributed by atoms with Gasteiger partial charge < -0.3 is 9.84 Å². The minimum Gasteiger partial charge on any atom is -0.494 e. The van der Waals surface area contributed by atoms with E-state index in [-0.39, 0.29) is 10.5 Å². The lowest BCUT2D eigenvalue weighted by Crippen LogP contribution is -2.35. The van der Waals surface area contributed by atoms with Gasteiger partial charge in [0.25, 0.3) is 0 Å². The number of aromatic nitrogens is 2. The van der Waals surface area contributed by atoms with Crippen LogP contribution in [0.3, 0.4) is 0 Å². The molecule has 1 aliphatic rings. The minimum atomic E-state index is -3.53. The maximum absolute atomic E-state index is 13.1. The van der Waals surface area contributed by atoms with Gasteiger partial charge in [0.05, 0.1) is 29.3 Å². The van der Waals surface area contributed by atoms with Gasteiger partial charge in [0.15, 0.2) is 0 Å². The second-order valence-electron chi connectivity index (χ2n) is 9.38. The highest BCUT2D eigenvalue weighted by molar-refractivity contribution is 7.89. The van der Waals surface area contributed by atoms with Gasteiger partial charge in [-0.2, -0.15) is 9.40 Å². The molecule has 1 N–H and O–H groups in total. The Kier molecular flexibility index (Phi) is 8.43. The van der Waals surface area contributed by atoms with Crippen LogP contribution < -0.4 is 9.54 Å². The number of aromatic carboxylic acids is 1.